The fourth-order valence-corrected chi connectivity index (χ4v) is 1.56. The first-order chi connectivity index (χ1) is 8.44. The smallest absolute Gasteiger partial charge is 0.325 e. The number of hydrogen-bond acceptors (Lipinski definition) is 5. The van der Waals surface area contributed by atoms with Gasteiger partial charge in [-0.1, -0.05) is 0 Å². The average molecular weight is 251 g/mol. The van der Waals surface area contributed by atoms with Gasteiger partial charge in [0.1, 0.15) is 12.1 Å². The van der Waals surface area contributed by atoms with E-state index >= 15 is 0 Å². The third kappa shape index (κ3) is 3.29. The lowest BCUT2D eigenvalue weighted by molar-refractivity contribution is -0.152. The molecule has 1 aromatic rings. The molecule has 1 aromatic carbocycles. The minimum Gasteiger partial charge on any atom is -0.459 e. The van der Waals surface area contributed by atoms with E-state index in [9.17, 15) is 4.79 Å². The highest BCUT2D eigenvalue weighted by atomic mass is 16.7. The summed E-state index contributed by atoms with van der Waals surface area (Å²) in [4.78, 5) is 11.5. The molecule has 0 unspecified atom stereocenters. The summed E-state index contributed by atoms with van der Waals surface area (Å²) in [5, 5.41) is 2.99. The molecule has 0 fully saturated rings. The molecule has 0 aliphatic carbocycles. The molecule has 1 N–H and O–H groups in total. The van der Waals surface area contributed by atoms with E-state index in [0.717, 1.165) is 11.4 Å². The summed E-state index contributed by atoms with van der Waals surface area (Å²) >= 11 is 0. The van der Waals surface area contributed by atoms with Gasteiger partial charge in [0, 0.05) is 11.8 Å². The van der Waals surface area contributed by atoms with Crippen LogP contribution in [0.3, 0.4) is 0 Å². The summed E-state index contributed by atoms with van der Waals surface area (Å²) in [7, 11) is 0. The highest BCUT2D eigenvalue weighted by molar-refractivity contribution is 5.75. The molecule has 0 saturated heterocycles. The molecular weight excluding hydrogens is 234 g/mol. The molecule has 0 saturated carbocycles. The number of rotatable bonds is 3. The second kappa shape index (κ2) is 4.76. The first kappa shape index (κ1) is 12.5. The zero-order valence-corrected chi connectivity index (χ0v) is 10.8. The SMILES string of the molecule is CC(C)(C)OC(=O)CNc1ccc2c(c1)OCO2. The second-order valence-corrected chi connectivity index (χ2v) is 5.01. The Morgan fingerprint density at radius 1 is 1.33 bits per heavy atom. The number of carbonyl (C=O) groups is 1. The van der Waals surface area contributed by atoms with E-state index in [1.807, 2.05) is 26.8 Å². The Hall–Kier alpha value is -1.91. The van der Waals surface area contributed by atoms with Crippen LogP contribution in [0.15, 0.2) is 18.2 Å². The van der Waals surface area contributed by atoms with E-state index in [2.05, 4.69) is 5.32 Å². The Kier molecular flexibility index (Phi) is 3.32. The molecule has 0 atom stereocenters. The number of carbonyl (C=O) groups excluding carboxylic acids is 1. The third-order valence-corrected chi connectivity index (χ3v) is 2.23. The van der Waals surface area contributed by atoms with Crippen molar-refractivity contribution in [3.8, 4) is 11.5 Å². The molecule has 1 aliphatic heterocycles. The predicted molar refractivity (Wildman–Crippen MR) is 66.9 cm³/mol. The zero-order chi connectivity index (χ0) is 13.2. The third-order valence-electron chi connectivity index (χ3n) is 2.23. The van der Waals surface area contributed by atoms with Crippen molar-refractivity contribution in [2.24, 2.45) is 0 Å². The monoisotopic (exact) mass is 251 g/mol. The normalized spacial score (nSPS) is 13.3. The molecule has 0 bridgehead atoms. The molecule has 0 amide bonds. The minimum absolute atomic E-state index is 0.122. The Morgan fingerprint density at radius 3 is 2.78 bits per heavy atom. The number of fused-ring (bicyclic) bond motifs is 1. The topological polar surface area (TPSA) is 56.8 Å². The predicted octanol–water partition coefficient (Wildman–Crippen LogP) is 2.17. The summed E-state index contributed by atoms with van der Waals surface area (Å²) < 4.78 is 15.6. The maximum absolute atomic E-state index is 11.5. The lowest BCUT2D eigenvalue weighted by atomic mass is 10.2. The van der Waals surface area contributed by atoms with E-state index in [0.29, 0.717) is 5.75 Å². The van der Waals surface area contributed by atoms with E-state index in [1.54, 1.807) is 12.1 Å². The highest BCUT2D eigenvalue weighted by Gasteiger charge is 2.17. The maximum atomic E-state index is 11.5. The van der Waals surface area contributed by atoms with E-state index in [4.69, 9.17) is 14.2 Å². The van der Waals surface area contributed by atoms with Crippen LogP contribution in [0, 0.1) is 0 Å². The van der Waals surface area contributed by atoms with Crippen molar-refractivity contribution in [3.63, 3.8) is 0 Å². The summed E-state index contributed by atoms with van der Waals surface area (Å²) in [5.74, 6) is 1.11. The molecule has 18 heavy (non-hydrogen) atoms. The van der Waals surface area contributed by atoms with Crippen molar-refractivity contribution in [1.29, 1.82) is 0 Å². The van der Waals surface area contributed by atoms with Crippen molar-refractivity contribution < 1.29 is 19.0 Å². The van der Waals surface area contributed by atoms with Gasteiger partial charge in [0.05, 0.1) is 0 Å². The van der Waals surface area contributed by atoms with Gasteiger partial charge in [0.25, 0.3) is 0 Å². The molecule has 1 aliphatic rings. The van der Waals surface area contributed by atoms with Crippen molar-refractivity contribution in [2.75, 3.05) is 18.7 Å². The zero-order valence-electron chi connectivity index (χ0n) is 10.8. The largest absolute Gasteiger partial charge is 0.459 e. The maximum Gasteiger partial charge on any atom is 0.325 e. The van der Waals surface area contributed by atoms with E-state index < -0.39 is 5.60 Å². The van der Waals surface area contributed by atoms with Gasteiger partial charge in [-0.05, 0) is 32.9 Å². The van der Waals surface area contributed by atoms with Gasteiger partial charge < -0.3 is 19.5 Å². The number of ether oxygens (including phenoxy) is 3. The van der Waals surface area contributed by atoms with Gasteiger partial charge in [-0.3, -0.25) is 4.79 Å². The number of benzene rings is 1. The van der Waals surface area contributed by atoms with Crippen LogP contribution in [0.5, 0.6) is 11.5 Å². The summed E-state index contributed by atoms with van der Waals surface area (Å²) in [6.07, 6.45) is 0. The average Bonchev–Trinajstić information content (AvgIpc) is 2.71. The van der Waals surface area contributed by atoms with E-state index in [-0.39, 0.29) is 19.3 Å². The molecule has 5 nitrogen and oxygen atoms in total. The van der Waals surface area contributed by atoms with Gasteiger partial charge in [0.2, 0.25) is 6.79 Å². The van der Waals surface area contributed by atoms with Crippen molar-refractivity contribution >= 4 is 11.7 Å². The van der Waals surface area contributed by atoms with Gasteiger partial charge in [-0.25, -0.2) is 0 Å². The van der Waals surface area contributed by atoms with E-state index in [1.165, 1.54) is 0 Å². The number of esters is 1. The Morgan fingerprint density at radius 2 is 2.06 bits per heavy atom. The summed E-state index contributed by atoms with van der Waals surface area (Å²) in [6, 6.07) is 5.43. The Labute approximate surface area is 106 Å². The van der Waals surface area contributed by atoms with Crippen LogP contribution in [0.1, 0.15) is 20.8 Å². The lowest BCUT2D eigenvalue weighted by Crippen LogP contribution is -2.28. The van der Waals surface area contributed by atoms with Crippen LogP contribution in [0.25, 0.3) is 0 Å². The van der Waals surface area contributed by atoms with Gasteiger partial charge in [0.15, 0.2) is 11.5 Å². The molecule has 5 heteroatoms. The van der Waals surface area contributed by atoms with Gasteiger partial charge in [-0.15, -0.1) is 0 Å². The van der Waals surface area contributed by atoms with Crippen LogP contribution < -0.4 is 14.8 Å². The van der Waals surface area contributed by atoms with Crippen LogP contribution in [0.2, 0.25) is 0 Å². The van der Waals surface area contributed by atoms with Crippen LogP contribution >= 0.6 is 0 Å². The molecule has 0 spiro atoms. The second-order valence-electron chi connectivity index (χ2n) is 5.01. The minimum atomic E-state index is -0.465. The van der Waals surface area contributed by atoms with Crippen LogP contribution in [-0.4, -0.2) is 24.9 Å². The molecular formula is C13H17NO4. The molecule has 0 aromatic heterocycles. The number of anilines is 1. The van der Waals surface area contributed by atoms with Crippen molar-refractivity contribution in [3.05, 3.63) is 18.2 Å². The highest BCUT2D eigenvalue weighted by Crippen LogP contribution is 2.34. The molecule has 98 valence electrons. The Balaban J connectivity index is 1.89. The standard InChI is InChI=1S/C13H17NO4/c1-13(2,3)18-12(15)7-14-9-4-5-10-11(6-9)17-8-16-10/h4-6,14H,7-8H2,1-3H3. The molecule has 0 radical (unpaired) electrons. The summed E-state index contributed by atoms with van der Waals surface area (Å²) in [6.45, 7) is 5.88. The number of hydrogen-bond donors (Lipinski definition) is 1. The van der Waals surface area contributed by atoms with Gasteiger partial charge in [-0.2, -0.15) is 0 Å². The quantitative estimate of drug-likeness (QED) is 0.834. The number of nitrogens with one attached hydrogen (secondary N) is 1. The summed E-state index contributed by atoms with van der Waals surface area (Å²) in [5.41, 5.74) is 0.332. The molecule has 2 rings (SSSR count). The van der Waals surface area contributed by atoms with Gasteiger partial charge >= 0.3 is 5.97 Å². The van der Waals surface area contributed by atoms with Crippen molar-refractivity contribution in [2.45, 2.75) is 26.4 Å². The Bertz CT molecular complexity index is 451. The van der Waals surface area contributed by atoms with Crippen LogP contribution in [0.4, 0.5) is 5.69 Å². The fraction of sp³-hybridized carbons (Fsp3) is 0.462. The molecule has 1 heterocycles. The first-order valence-electron chi connectivity index (χ1n) is 5.79. The van der Waals surface area contributed by atoms with Crippen LogP contribution in [-0.2, 0) is 9.53 Å². The van der Waals surface area contributed by atoms with Crippen molar-refractivity contribution in [1.82, 2.24) is 0 Å². The lowest BCUT2D eigenvalue weighted by Gasteiger charge is -2.19. The first-order valence-corrected chi connectivity index (χ1v) is 5.79. The fourth-order valence-electron chi connectivity index (χ4n) is 1.56.